The largest absolute Gasteiger partial charge is 0.457 e. The minimum atomic E-state index is -3.99. The summed E-state index contributed by atoms with van der Waals surface area (Å²) in [4.78, 5) is 12.3. The average molecular weight is 435 g/mol. The first kappa shape index (κ1) is 20.5. The van der Waals surface area contributed by atoms with E-state index < -0.39 is 27.4 Å². The summed E-state index contributed by atoms with van der Waals surface area (Å²) in [5.41, 5.74) is 0.241. The van der Waals surface area contributed by atoms with Crippen LogP contribution in [0, 0.1) is 5.82 Å². The van der Waals surface area contributed by atoms with Crippen LogP contribution in [0.2, 0.25) is 0 Å². The molecule has 1 aliphatic carbocycles. The Bertz CT molecular complexity index is 1070. The molecule has 0 bridgehead atoms. The van der Waals surface area contributed by atoms with Gasteiger partial charge < -0.3 is 14.2 Å². The zero-order valence-corrected chi connectivity index (χ0v) is 16.4. The van der Waals surface area contributed by atoms with Crippen LogP contribution in [0.5, 0.6) is 11.5 Å². The molecule has 158 valence electrons. The molecule has 1 fully saturated rings. The molecule has 10 heteroatoms. The van der Waals surface area contributed by atoms with Crippen molar-refractivity contribution in [3.8, 4) is 11.5 Å². The van der Waals surface area contributed by atoms with E-state index in [0.29, 0.717) is 11.5 Å². The highest BCUT2D eigenvalue weighted by molar-refractivity contribution is 7.91. The maximum Gasteiger partial charge on any atom is 0.274 e. The maximum atomic E-state index is 12.9. The van der Waals surface area contributed by atoms with Gasteiger partial charge in [-0.05, 0) is 54.6 Å². The van der Waals surface area contributed by atoms with Crippen molar-refractivity contribution in [2.75, 3.05) is 12.7 Å². The number of hydrogen-bond donors (Lipinski definition) is 1. The van der Waals surface area contributed by atoms with Crippen LogP contribution >= 0.6 is 0 Å². The lowest BCUT2D eigenvalue weighted by molar-refractivity contribution is -0.156. The molecule has 2 aromatic rings. The topological polar surface area (TPSA) is 102 Å². The van der Waals surface area contributed by atoms with E-state index in [9.17, 15) is 22.8 Å². The highest BCUT2D eigenvalue weighted by atomic mass is 32.2. The van der Waals surface area contributed by atoms with Crippen molar-refractivity contribution < 1.29 is 37.0 Å². The summed E-state index contributed by atoms with van der Waals surface area (Å²) in [5.74, 6) is -1.37. The number of ether oxygens (including phenoxy) is 3. The molecule has 2 atom stereocenters. The van der Waals surface area contributed by atoms with Crippen LogP contribution < -0.4 is 4.74 Å². The molecule has 4 rings (SSSR count). The molecular weight excluding hydrogens is 417 g/mol. The second-order valence-corrected chi connectivity index (χ2v) is 8.79. The summed E-state index contributed by atoms with van der Waals surface area (Å²) in [6, 6.07) is 10.8. The predicted molar refractivity (Wildman–Crippen MR) is 101 cm³/mol. The number of carbonyl (C=O) groups is 1. The number of nitrogens with zero attached hydrogens (tertiary/aromatic N) is 1. The number of amides is 1. The first-order valence-corrected chi connectivity index (χ1v) is 10.7. The van der Waals surface area contributed by atoms with Gasteiger partial charge in [-0.25, -0.2) is 17.9 Å². The Hall–Kier alpha value is -2.79. The van der Waals surface area contributed by atoms with Crippen LogP contribution in [-0.4, -0.2) is 49.5 Å². The quantitative estimate of drug-likeness (QED) is 0.550. The Morgan fingerprint density at radius 2 is 1.73 bits per heavy atom. The summed E-state index contributed by atoms with van der Waals surface area (Å²) in [6.07, 6.45) is 1.14. The average Bonchev–Trinajstić information content (AvgIpc) is 3.31. The molecule has 0 aromatic heterocycles. The van der Waals surface area contributed by atoms with Crippen molar-refractivity contribution in [2.45, 2.75) is 23.5 Å². The Balaban J connectivity index is 1.40. The van der Waals surface area contributed by atoms with Gasteiger partial charge in [-0.3, -0.25) is 10.0 Å². The molecule has 1 saturated heterocycles. The normalized spacial score (nSPS) is 20.5. The molecule has 2 unspecified atom stereocenters. The standard InChI is InChI=1S/C20H18FNO7S/c21-14-1-3-15(4-2-14)29-16-5-7-17(8-6-16)30(25,26)11-22(24)20(23)13-9-18-19(10-13)28-12-27-18/h1-9,18-19,24H,10-12H2. The number of carbonyl (C=O) groups excluding carboxylic acids is 1. The van der Waals surface area contributed by atoms with Crippen LogP contribution in [0.25, 0.3) is 0 Å². The van der Waals surface area contributed by atoms with E-state index >= 15 is 0 Å². The summed E-state index contributed by atoms with van der Waals surface area (Å²) in [7, 11) is -3.99. The fourth-order valence-electron chi connectivity index (χ4n) is 3.19. The minimum Gasteiger partial charge on any atom is -0.457 e. The second kappa shape index (κ2) is 8.15. The first-order valence-electron chi connectivity index (χ1n) is 9.03. The van der Waals surface area contributed by atoms with Gasteiger partial charge in [-0.15, -0.1) is 0 Å². The van der Waals surface area contributed by atoms with Crippen molar-refractivity contribution in [3.63, 3.8) is 0 Å². The van der Waals surface area contributed by atoms with E-state index in [2.05, 4.69) is 0 Å². The number of sulfone groups is 1. The Labute approximate surface area is 172 Å². The van der Waals surface area contributed by atoms with E-state index in [1.54, 1.807) is 0 Å². The van der Waals surface area contributed by atoms with Crippen molar-refractivity contribution >= 4 is 15.7 Å². The first-order chi connectivity index (χ1) is 14.3. The Morgan fingerprint density at radius 1 is 1.10 bits per heavy atom. The van der Waals surface area contributed by atoms with E-state index in [1.165, 1.54) is 54.6 Å². The summed E-state index contributed by atoms with van der Waals surface area (Å²) in [6.45, 7) is 0.144. The van der Waals surface area contributed by atoms with Gasteiger partial charge in [-0.2, -0.15) is 0 Å². The molecule has 0 radical (unpaired) electrons. The van der Waals surface area contributed by atoms with E-state index in [4.69, 9.17) is 14.2 Å². The zero-order valence-electron chi connectivity index (χ0n) is 15.6. The van der Waals surface area contributed by atoms with E-state index in [-0.39, 0.29) is 41.0 Å². The predicted octanol–water partition coefficient (Wildman–Crippen LogP) is 2.64. The molecule has 30 heavy (non-hydrogen) atoms. The molecule has 8 nitrogen and oxygen atoms in total. The lowest BCUT2D eigenvalue weighted by Gasteiger charge is -2.16. The van der Waals surface area contributed by atoms with Crippen molar-refractivity contribution in [1.29, 1.82) is 0 Å². The molecule has 2 aromatic carbocycles. The molecule has 1 heterocycles. The zero-order chi connectivity index (χ0) is 21.3. The van der Waals surface area contributed by atoms with Crippen molar-refractivity contribution in [3.05, 3.63) is 66.0 Å². The third kappa shape index (κ3) is 4.36. The summed E-state index contributed by atoms with van der Waals surface area (Å²) >= 11 is 0. The SMILES string of the molecule is O=C(C1=CC2OCOC2C1)N(O)CS(=O)(=O)c1ccc(Oc2ccc(F)cc2)cc1. The number of hydrogen-bond acceptors (Lipinski definition) is 7. The van der Waals surface area contributed by atoms with Gasteiger partial charge in [-0.1, -0.05) is 0 Å². The van der Waals surface area contributed by atoms with Crippen molar-refractivity contribution in [2.24, 2.45) is 0 Å². The molecule has 2 aliphatic rings. The highest BCUT2D eigenvalue weighted by Crippen LogP contribution is 2.30. The van der Waals surface area contributed by atoms with Gasteiger partial charge in [0.15, 0.2) is 15.7 Å². The minimum absolute atomic E-state index is 0.0928. The Morgan fingerprint density at radius 3 is 2.37 bits per heavy atom. The van der Waals surface area contributed by atoms with Gasteiger partial charge in [0.25, 0.3) is 5.91 Å². The Kier molecular flexibility index (Phi) is 5.56. The van der Waals surface area contributed by atoms with Crippen LogP contribution in [0.15, 0.2) is 65.1 Å². The van der Waals surface area contributed by atoms with Crippen LogP contribution in [-0.2, 0) is 24.1 Å². The van der Waals surface area contributed by atoms with Crippen LogP contribution in [0.1, 0.15) is 6.42 Å². The number of rotatable bonds is 6. The van der Waals surface area contributed by atoms with Crippen molar-refractivity contribution in [1.82, 2.24) is 5.06 Å². The molecule has 1 aliphatic heterocycles. The molecule has 1 N–H and O–H groups in total. The molecule has 0 spiro atoms. The van der Waals surface area contributed by atoms with Gasteiger partial charge in [0.1, 0.15) is 30.2 Å². The fraction of sp³-hybridized carbons (Fsp3) is 0.250. The number of halogens is 1. The maximum absolute atomic E-state index is 12.9. The van der Waals surface area contributed by atoms with Gasteiger partial charge in [0.05, 0.1) is 11.0 Å². The third-order valence-electron chi connectivity index (χ3n) is 4.73. The van der Waals surface area contributed by atoms with Crippen LogP contribution in [0.3, 0.4) is 0 Å². The number of benzene rings is 2. The monoisotopic (exact) mass is 435 g/mol. The van der Waals surface area contributed by atoms with Crippen LogP contribution in [0.4, 0.5) is 4.39 Å². The fourth-order valence-corrected chi connectivity index (χ4v) is 4.33. The smallest absolute Gasteiger partial charge is 0.274 e. The molecule has 1 amide bonds. The number of hydroxylamine groups is 2. The highest BCUT2D eigenvalue weighted by Gasteiger charge is 2.37. The van der Waals surface area contributed by atoms with Gasteiger partial charge >= 0.3 is 0 Å². The lowest BCUT2D eigenvalue weighted by atomic mass is 10.2. The lowest BCUT2D eigenvalue weighted by Crippen LogP contribution is -2.33. The molecule has 0 saturated carbocycles. The summed E-state index contributed by atoms with van der Waals surface area (Å²) in [5, 5.41) is 10.2. The summed E-state index contributed by atoms with van der Waals surface area (Å²) < 4.78 is 54.1. The van der Waals surface area contributed by atoms with E-state index in [1.807, 2.05) is 0 Å². The second-order valence-electron chi connectivity index (χ2n) is 6.83. The van der Waals surface area contributed by atoms with Gasteiger partial charge in [0.2, 0.25) is 0 Å². The number of fused-ring (bicyclic) bond motifs is 1. The van der Waals surface area contributed by atoms with Gasteiger partial charge in [0, 0.05) is 12.0 Å². The third-order valence-corrected chi connectivity index (χ3v) is 6.30. The molecular formula is C20H18FNO7S. The van der Waals surface area contributed by atoms with E-state index in [0.717, 1.165) is 0 Å².